The van der Waals surface area contributed by atoms with Crippen LogP contribution in [-0.4, -0.2) is 46.7 Å². The molecule has 0 aromatic carbocycles. The molecule has 3 N–H and O–H groups in total. The van der Waals surface area contributed by atoms with Crippen LogP contribution in [0.25, 0.3) is 0 Å². The third-order valence-electron chi connectivity index (χ3n) is 4.14. The molecule has 0 radical (unpaired) electrons. The average Bonchev–Trinajstić information content (AvgIpc) is 2.59. The average molecular weight is 344 g/mol. The highest BCUT2D eigenvalue weighted by Gasteiger charge is 2.12. The molecule has 0 aliphatic heterocycles. The molecule has 0 saturated heterocycles. The Bertz CT molecular complexity index is 330. The van der Waals surface area contributed by atoms with E-state index in [1.54, 1.807) is 6.08 Å². The van der Waals surface area contributed by atoms with Gasteiger partial charge in [0.25, 0.3) is 0 Å². The maximum Gasteiger partial charge on any atom is 0.305 e. The number of esters is 1. The highest BCUT2D eigenvalue weighted by molar-refractivity contribution is 5.68. The van der Waals surface area contributed by atoms with Crippen LogP contribution in [0.1, 0.15) is 77.6 Å². The summed E-state index contributed by atoms with van der Waals surface area (Å²) in [6.07, 6.45) is 10.5. The summed E-state index contributed by atoms with van der Waals surface area (Å²) in [7, 11) is 1.41. The number of ether oxygens (including phenoxy) is 1. The van der Waals surface area contributed by atoms with Gasteiger partial charge in [-0.3, -0.25) is 4.79 Å². The second kappa shape index (κ2) is 15.6. The molecular formula is C19H36O5. The van der Waals surface area contributed by atoms with E-state index in [0.717, 1.165) is 51.4 Å². The van der Waals surface area contributed by atoms with Gasteiger partial charge in [-0.05, 0) is 19.3 Å². The van der Waals surface area contributed by atoms with E-state index in [9.17, 15) is 20.1 Å². The van der Waals surface area contributed by atoms with Crippen molar-refractivity contribution in [1.29, 1.82) is 0 Å². The Kier molecular flexibility index (Phi) is 15.0. The molecule has 5 heteroatoms. The number of carbonyl (C=O) groups excluding carboxylic acids is 1. The van der Waals surface area contributed by atoms with Gasteiger partial charge in [0.2, 0.25) is 0 Å². The smallest absolute Gasteiger partial charge is 0.305 e. The van der Waals surface area contributed by atoms with Crippen molar-refractivity contribution in [2.45, 2.75) is 95.9 Å². The lowest BCUT2D eigenvalue weighted by molar-refractivity contribution is -0.140. The number of aliphatic hydroxyl groups excluding tert-OH is 3. The lowest BCUT2D eigenvalue weighted by atomic mass is 10.0. The van der Waals surface area contributed by atoms with E-state index in [0.29, 0.717) is 19.3 Å². The Labute approximate surface area is 146 Å². The minimum atomic E-state index is -0.902. The Morgan fingerprint density at radius 2 is 1.54 bits per heavy atom. The third-order valence-corrected chi connectivity index (χ3v) is 4.14. The molecule has 0 aromatic rings. The van der Waals surface area contributed by atoms with Gasteiger partial charge >= 0.3 is 5.97 Å². The fourth-order valence-corrected chi connectivity index (χ4v) is 2.48. The number of hydrogen-bond acceptors (Lipinski definition) is 5. The molecule has 0 aliphatic carbocycles. The fraction of sp³-hybridized carbons (Fsp3) is 0.842. The zero-order chi connectivity index (χ0) is 18.2. The van der Waals surface area contributed by atoms with Crippen LogP contribution in [-0.2, 0) is 9.53 Å². The van der Waals surface area contributed by atoms with Gasteiger partial charge in [-0.15, -0.1) is 0 Å². The summed E-state index contributed by atoms with van der Waals surface area (Å²) in [5, 5.41) is 29.3. The third kappa shape index (κ3) is 13.5. The van der Waals surface area contributed by atoms with Crippen molar-refractivity contribution in [2.24, 2.45) is 0 Å². The van der Waals surface area contributed by atoms with Crippen LogP contribution in [0.3, 0.4) is 0 Å². The Balaban J connectivity index is 3.59. The molecule has 0 bridgehead atoms. The topological polar surface area (TPSA) is 87.0 Å². The quantitative estimate of drug-likeness (QED) is 0.241. The van der Waals surface area contributed by atoms with Gasteiger partial charge < -0.3 is 20.1 Å². The first-order valence-electron chi connectivity index (χ1n) is 9.30. The predicted octanol–water partition coefficient (Wildman–Crippen LogP) is 3.11. The first-order chi connectivity index (χ1) is 11.5. The molecule has 24 heavy (non-hydrogen) atoms. The van der Waals surface area contributed by atoms with Crippen molar-refractivity contribution in [3.05, 3.63) is 12.2 Å². The Hall–Kier alpha value is -0.910. The maximum absolute atomic E-state index is 10.9. The zero-order valence-electron chi connectivity index (χ0n) is 15.3. The highest BCUT2D eigenvalue weighted by Crippen LogP contribution is 2.11. The number of hydrogen-bond donors (Lipinski definition) is 3. The number of unbranched alkanes of at least 4 members (excludes halogenated alkanes) is 6. The molecule has 0 fully saturated rings. The summed E-state index contributed by atoms with van der Waals surface area (Å²) in [6, 6.07) is 0. The molecule has 0 saturated carbocycles. The van der Waals surface area contributed by atoms with Crippen LogP contribution >= 0.6 is 0 Å². The molecule has 0 aliphatic rings. The summed E-state index contributed by atoms with van der Waals surface area (Å²) < 4.78 is 4.59. The van der Waals surface area contributed by atoms with Crippen molar-refractivity contribution < 1.29 is 24.9 Å². The summed E-state index contributed by atoms with van der Waals surface area (Å²) in [6.45, 7) is 2.04. The molecular weight excluding hydrogens is 308 g/mol. The molecule has 5 nitrogen and oxygen atoms in total. The summed E-state index contributed by atoms with van der Waals surface area (Å²) in [4.78, 5) is 10.9. The van der Waals surface area contributed by atoms with Gasteiger partial charge in [0.1, 0.15) is 0 Å². The Morgan fingerprint density at radius 3 is 2.17 bits per heavy atom. The van der Waals surface area contributed by atoms with Crippen molar-refractivity contribution in [1.82, 2.24) is 0 Å². The molecule has 0 rings (SSSR count). The van der Waals surface area contributed by atoms with E-state index in [4.69, 9.17) is 0 Å². The van der Waals surface area contributed by atoms with E-state index in [-0.39, 0.29) is 5.97 Å². The lowest BCUT2D eigenvalue weighted by Gasteiger charge is -2.14. The number of rotatable bonds is 15. The van der Waals surface area contributed by atoms with Crippen LogP contribution in [0.4, 0.5) is 0 Å². The van der Waals surface area contributed by atoms with Crippen LogP contribution in [0, 0.1) is 0 Å². The molecule has 0 spiro atoms. The molecule has 3 atom stereocenters. The van der Waals surface area contributed by atoms with E-state index in [1.165, 1.54) is 13.2 Å². The van der Waals surface area contributed by atoms with Gasteiger partial charge in [0.15, 0.2) is 0 Å². The van der Waals surface area contributed by atoms with Crippen molar-refractivity contribution in [3.8, 4) is 0 Å². The SMILES string of the molecule is CCCCC(O)C(O)/C=C/C(O)CCCCCCCCC(=O)OC. The van der Waals surface area contributed by atoms with E-state index in [1.807, 2.05) is 6.92 Å². The van der Waals surface area contributed by atoms with Crippen molar-refractivity contribution >= 4 is 5.97 Å². The molecule has 142 valence electrons. The summed E-state index contributed by atoms with van der Waals surface area (Å²) >= 11 is 0. The summed E-state index contributed by atoms with van der Waals surface area (Å²) in [5.41, 5.74) is 0. The molecule has 0 heterocycles. The number of methoxy groups -OCH3 is 1. The van der Waals surface area contributed by atoms with Gasteiger partial charge in [0, 0.05) is 6.42 Å². The molecule has 0 amide bonds. The minimum absolute atomic E-state index is 0.146. The van der Waals surface area contributed by atoms with E-state index in [2.05, 4.69) is 4.74 Å². The predicted molar refractivity (Wildman–Crippen MR) is 95.6 cm³/mol. The molecule has 0 aromatic heterocycles. The largest absolute Gasteiger partial charge is 0.469 e. The van der Waals surface area contributed by atoms with Crippen LogP contribution in [0.5, 0.6) is 0 Å². The Morgan fingerprint density at radius 1 is 0.917 bits per heavy atom. The maximum atomic E-state index is 10.9. The standard InChI is InChI=1S/C19H36O5/c1-3-4-12-17(21)18(22)15-14-16(20)11-9-7-5-6-8-10-13-19(23)24-2/h14-18,20-22H,3-13H2,1-2H3/b15-14+. The fourth-order valence-electron chi connectivity index (χ4n) is 2.48. The number of carbonyl (C=O) groups is 1. The van der Waals surface area contributed by atoms with Crippen molar-refractivity contribution in [2.75, 3.05) is 7.11 Å². The summed E-state index contributed by atoms with van der Waals surface area (Å²) in [5.74, 6) is -0.146. The normalized spacial score (nSPS) is 15.4. The van der Waals surface area contributed by atoms with E-state index < -0.39 is 18.3 Å². The second-order valence-corrected chi connectivity index (χ2v) is 6.39. The highest BCUT2D eigenvalue weighted by atomic mass is 16.5. The van der Waals surface area contributed by atoms with Crippen LogP contribution < -0.4 is 0 Å². The van der Waals surface area contributed by atoms with Gasteiger partial charge in [-0.2, -0.15) is 0 Å². The van der Waals surface area contributed by atoms with E-state index >= 15 is 0 Å². The van der Waals surface area contributed by atoms with Crippen LogP contribution in [0.15, 0.2) is 12.2 Å². The van der Waals surface area contributed by atoms with Crippen LogP contribution in [0.2, 0.25) is 0 Å². The lowest BCUT2D eigenvalue weighted by Crippen LogP contribution is -2.24. The zero-order valence-corrected chi connectivity index (χ0v) is 15.3. The first-order valence-corrected chi connectivity index (χ1v) is 9.30. The van der Waals surface area contributed by atoms with Gasteiger partial charge in [0.05, 0.1) is 25.4 Å². The molecule has 3 unspecified atom stereocenters. The monoisotopic (exact) mass is 344 g/mol. The minimum Gasteiger partial charge on any atom is -0.469 e. The van der Waals surface area contributed by atoms with Gasteiger partial charge in [-0.1, -0.05) is 64.0 Å². The number of aliphatic hydroxyl groups is 3. The van der Waals surface area contributed by atoms with Crippen molar-refractivity contribution in [3.63, 3.8) is 0 Å². The first kappa shape index (κ1) is 23.1. The second-order valence-electron chi connectivity index (χ2n) is 6.39. The van der Waals surface area contributed by atoms with Gasteiger partial charge in [-0.25, -0.2) is 0 Å².